The second-order valence-corrected chi connectivity index (χ2v) is 4.47. The molecule has 0 aliphatic carbocycles. The molecule has 0 aromatic carbocycles. The van der Waals surface area contributed by atoms with Crippen molar-refractivity contribution in [3.05, 3.63) is 34.0 Å². The smallest absolute Gasteiger partial charge is 0.358 e. The van der Waals surface area contributed by atoms with Crippen LogP contribution >= 0.6 is 0 Å². The van der Waals surface area contributed by atoms with Gasteiger partial charge in [0.15, 0.2) is 0 Å². The maximum absolute atomic E-state index is 10.8. The highest BCUT2D eigenvalue weighted by Crippen LogP contribution is 2.14. The van der Waals surface area contributed by atoms with Crippen molar-refractivity contribution in [2.24, 2.45) is 0 Å². The van der Waals surface area contributed by atoms with Crippen molar-refractivity contribution in [3.8, 4) is 0 Å². The summed E-state index contributed by atoms with van der Waals surface area (Å²) >= 11 is 0. The lowest BCUT2D eigenvalue weighted by molar-refractivity contribution is -0.390. The quantitative estimate of drug-likeness (QED) is 0.599. The maximum atomic E-state index is 10.8. The zero-order valence-corrected chi connectivity index (χ0v) is 10.3. The zero-order chi connectivity index (χ0) is 12.8. The van der Waals surface area contributed by atoms with E-state index in [1.807, 2.05) is 0 Å². The number of nitrogens with zero attached hydrogens (tertiary/aromatic N) is 2. The normalized spacial score (nSPS) is 16.7. The summed E-state index contributed by atoms with van der Waals surface area (Å²) in [6.07, 6.45) is 4.35. The highest BCUT2D eigenvalue weighted by atomic mass is 16.6. The molecule has 1 aromatic heterocycles. The van der Waals surface area contributed by atoms with Gasteiger partial charge in [-0.1, -0.05) is 0 Å². The Morgan fingerprint density at radius 2 is 2.28 bits per heavy atom. The predicted octanol–water partition coefficient (Wildman–Crippen LogP) is 0.874. The Labute approximate surface area is 106 Å². The van der Waals surface area contributed by atoms with Crippen LogP contribution in [0.5, 0.6) is 0 Å². The van der Waals surface area contributed by atoms with E-state index in [1.165, 1.54) is 6.20 Å². The van der Waals surface area contributed by atoms with Crippen LogP contribution in [-0.4, -0.2) is 35.6 Å². The summed E-state index contributed by atoms with van der Waals surface area (Å²) in [6, 6.07) is 4.05. The minimum atomic E-state index is -0.417. The maximum Gasteiger partial charge on any atom is 0.366 e. The van der Waals surface area contributed by atoms with Crippen LogP contribution in [0.15, 0.2) is 18.3 Å². The van der Waals surface area contributed by atoms with Gasteiger partial charge in [-0.25, -0.2) is 0 Å². The van der Waals surface area contributed by atoms with Gasteiger partial charge in [0.25, 0.3) is 0 Å². The van der Waals surface area contributed by atoms with E-state index in [-0.39, 0.29) is 5.82 Å². The van der Waals surface area contributed by atoms with Gasteiger partial charge in [0, 0.05) is 6.04 Å². The number of hydrogen-bond donors (Lipinski definition) is 2. The van der Waals surface area contributed by atoms with E-state index in [1.54, 1.807) is 12.1 Å². The van der Waals surface area contributed by atoms with Crippen molar-refractivity contribution in [2.75, 3.05) is 19.6 Å². The first-order valence-corrected chi connectivity index (χ1v) is 6.30. The number of nitrogens with one attached hydrogen (secondary N) is 2. The first kappa shape index (κ1) is 12.9. The molecule has 6 nitrogen and oxygen atoms in total. The van der Waals surface area contributed by atoms with Crippen molar-refractivity contribution in [3.63, 3.8) is 0 Å². The molecule has 1 fully saturated rings. The van der Waals surface area contributed by atoms with Gasteiger partial charge in [0.1, 0.15) is 6.20 Å². The van der Waals surface area contributed by atoms with Crippen LogP contribution in [0, 0.1) is 10.1 Å². The van der Waals surface area contributed by atoms with E-state index < -0.39 is 4.92 Å². The predicted molar refractivity (Wildman–Crippen MR) is 68.5 cm³/mol. The third-order valence-corrected chi connectivity index (χ3v) is 3.21. The van der Waals surface area contributed by atoms with Gasteiger partial charge in [-0.15, -0.1) is 0 Å². The number of pyridine rings is 1. The minimum Gasteiger partial charge on any atom is -0.358 e. The van der Waals surface area contributed by atoms with E-state index >= 15 is 0 Å². The number of hydrogen-bond acceptors (Lipinski definition) is 5. The Morgan fingerprint density at radius 3 is 3.00 bits per heavy atom. The number of aromatic nitrogens is 1. The second-order valence-electron chi connectivity index (χ2n) is 4.47. The van der Waals surface area contributed by atoms with E-state index in [2.05, 4.69) is 15.6 Å². The van der Waals surface area contributed by atoms with Crippen molar-refractivity contribution in [1.82, 2.24) is 15.6 Å². The Balaban J connectivity index is 1.84. The molecule has 1 aliphatic rings. The summed E-state index contributed by atoms with van der Waals surface area (Å²) in [7, 11) is 0. The van der Waals surface area contributed by atoms with Crippen molar-refractivity contribution in [1.29, 1.82) is 0 Å². The average molecular weight is 250 g/mol. The lowest BCUT2D eigenvalue weighted by Crippen LogP contribution is -2.40. The molecule has 2 rings (SSSR count). The molecule has 1 aliphatic heterocycles. The minimum absolute atomic E-state index is 0.0235. The molecular weight excluding hydrogens is 232 g/mol. The molecule has 6 heteroatoms. The van der Waals surface area contributed by atoms with E-state index in [0.717, 1.165) is 32.5 Å². The molecule has 1 aromatic rings. The Morgan fingerprint density at radius 1 is 1.50 bits per heavy atom. The van der Waals surface area contributed by atoms with Crippen LogP contribution in [0.2, 0.25) is 0 Å². The summed E-state index contributed by atoms with van der Waals surface area (Å²) in [4.78, 5) is 14.2. The molecule has 0 atom stereocenters. The number of rotatable bonds is 5. The number of nitro groups is 1. The Kier molecular flexibility index (Phi) is 4.60. The summed E-state index contributed by atoms with van der Waals surface area (Å²) in [5.41, 5.74) is 0.698. The second kappa shape index (κ2) is 6.42. The van der Waals surface area contributed by atoms with E-state index in [0.29, 0.717) is 18.0 Å². The summed E-state index contributed by atoms with van der Waals surface area (Å²) in [6.45, 7) is 2.85. The zero-order valence-electron chi connectivity index (χ0n) is 10.3. The van der Waals surface area contributed by atoms with Gasteiger partial charge >= 0.3 is 5.82 Å². The van der Waals surface area contributed by atoms with Crippen molar-refractivity contribution in [2.45, 2.75) is 25.3 Å². The summed E-state index contributed by atoms with van der Waals surface area (Å²) < 4.78 is 0. The van der Waals surface area contributed by atoms with E-state index in [4.69, 9.17) is 0 Å². The average Bonchev–Trinajstić information content (AvgIpc) is 2.40. The third-order valence-electron chi connectivity index (χ3n) is 3.21. The first-order valence-electron chi connectivity index (χ1n) is 6.30. The largest absolute Gasteiger partial charge is 0.366 e. The molecule has 18 heavy (non-hydrogen) atoms. The molecule has 98 valence electrons. The van der Waals surface area contributed by atoms with Gasteiger partial charge < -0.3 is 20.7 Å². The summed E-state index contributed by atoms with van der Waals surface area (Å²) in [5, 5.41) is 17.6. The van der Waals surface area contributed by atoms with Gasteiger partial charge in [-0.2, -0.15) is 0 Å². The lowest BCUT2D eigenvalue weighted by Gasteiger charge is -2.23. The van der Waals surface area contributed by atoms with Crippen LogP contribution in [-0.2, 0) is 6.42 Å². The molecule has 0 amide bonds. The van der Waals surface area contributed by atoms with Crippen LogP contribution in [0.4, 0.5) is 5.82 Å². The van der Waals surface area contributed by atoms with Crippen molar-refractivity contribution < 1.29 is 4.92 Å². The van der Waals surface area contributed by atoms with Crippen LogP contribution in [0.3, 0.4) is 0 Å². The van der Waals surface area contributed by atoms with Gasteiger partial charge in [0.2, 0.25) is 0 Å². The first-order chi connectivity index (χ1) is 8.77. The fourth-order valence-corrected chi connectivity index (χ4v) is 2.23. The van der Waals surface area contributed by atoms with E-state index in [9.17, 15) is 10.1 Å². The lowest BCUT2D eigenvalue weighted by atomic mass is 10.1. The third kappa shape index (κ3) is 3.48. The molecule has 0 unspecified atom stereocenters. The standard InChI is InChI=1S/C12H18N4O2/c17-16(18)12-10(2-1-6-15-12)3-9-14-11-4-7-13-8-5-11/h1-2,6,11,13-14H,3-5,7-9H2. The Bertz CT molecular complexity index is 405. The Hall–Kier alpha value is -1.53. The molecule has 1 saturated heterocycles. The molecule has 0 spiro atoms. The van der Waals surface area contributed by atoms with Crippen LogP contribution < -0.4 is 10.6 Å². The molecule has 0 saturated carbocycles. The van der Waals surface area contributed by atoms with Crippen molar-refractivity contribution >= 4 is 5.82 Å². The molecular formula is C12H18N4O2. The fraction of sp³-hybridized carbons (Fsp3) is 0.583. The summed E-state index contributed by atoms with van der Waals surface area (Å²) in [5.74, 6) is -0.0235. The molecule has 2 N–H and O–H groups in total. The van der Waals surface area contributed by atoms with Crippen LogP contribution in [0.25, 0.3) is 0 Å². The molecule has 0 radical (unpaired) electrons. The van der Waals surface area contributed by atoms with Gasteiger partial charge in [-0.05, 0) is 60.9 Å². The fourth-order valence-electron chi connectivity index (χ4n) is 2.23. The monoisotopic (exact) mass is 250 g/mol. The highest BCUT2D eigenvalue weighted by molar-refractivity contribution is 5.31. The number of piperidine rings is 1. The topological polar surface area (TPSA) is 80.1 Å². The molecule has 0 bridgehead atoms. The van der Waals surface area contributed by atoms with Crippen LogP contribution in [0.1, 0.15) is 18.4 Å². The SMILES string of the molecule is O=[N+]([O-])c1ncccc1CCNC1CCNCC1. The van der Waals surface area contributed by atoms with Gasteiger partial charge in [-0.3, -0.25) is 0 Å². The highest BCUT2D eigenvalue weighted by Gasteiger charge is 2.15. The van der Waals surface area contributed by atoms with Gasteiger partial charge in [0.05, 0.1) is 5.56 Å². The molecule has 2 heterocycles.